The van der Waals surface area contributed by atoms with Crippen LogP contribution >= 0.6 is 0 Å². The van der Waals surface area contributed by atoms with Gasteiger partial charge in [-0.1, -0.05) is 12.8 Å². The van der Waals surface area contributed by atoms with E-state index in [4.69, 9.17) is 9.15 Å². The minimum absolute atomic E-state index is 0.0458. The number of likely N-dealkylation sites (tertiary alicyclic amines) is 1. The van der Waals surface area contributed by atoms with Gasteiger partial charge in [0, 0.05) is 6.54 Å². The van der Waals surface area contributed by atoms with Crippen molar-refractivity contribution in [3.8, 4) is 0 Å². The molecule has 0 unspecified atom stereocenters. The molecule has 3 aliphatic heterocycles. The maximum atomic E-state index is 12.8. The predicted molar refractivity (Wildman–Crippen MR) is 81.5 cm³/mol. The lowest BCUT2D eigenvalue weighted by molar-refractivity contribution is 0.0959. The van der Waals surface area contributed by atoms with Crippen LogP contribution in [0.5, 0.6) is 0 Å². The van der Waals surface area contributed by atoms with E-state index in [-0.39, 0.29) is 24.2 Å². The van der Waals surface area contributed by atoms with Crippen molar-refractivity contribution in [2.75, 3.05) is 6.54 Å². The molecule has 2 amide bonds. The van der Waals surface area contributed by atoms with Crippen molar-refractivity contribution in [1.29, 1.82) is 0 Å². The smallest absolute Gasteiger partial charge is 0.318 e. The first-order valence-corrected chi connectivity index (χ1v) is 8.57. The van der Waals surface area contributed by atoms with Crippen molar-refractivity contribution in [3.63, 3.8) is 0 Å². The lowest BCUT2D eigenvalue weighted by Gasteiger charge is -2.31. The zero-order valence-electron chi connectivity index (χ0n) is 12.9. The maximum Gasteiger partial charge on any atom is 0.318 e. The molecule has 1 aromatic rings. The number of rotatable bonds is 2. The topological polar surface area (TPSA) is 54.7 Å². The quantitative estimate of drug-likeness (QED) is 0.912. The molecule has 2 bridgehead atoms. The molecule has 22 heavy (non-hydrogen) atoms. The number of nitrogens with zero attached hydrogens (tertiary/aromatic N) is 1. The average molecular weight is 304 g/mol. The Morgan fingerprint density at radius 3 is 2.91 bits per heavy atom. The fourth-order valence-electron chi connectivity index (χ4n) is 4.16. The van der Waals surface area contributed by atoms with E-state index < -0.39 is 0 Å². The molecule has 5 nitrogen and oxygen atoms in total. The van der Waals surface area contributed by atoms with Crippen molar-refractivity contribution in [1.82, 2.24) is 10.2 Å². The van der Waals surface area contributed by atoms with E-state index in [9.17, 15) is 4.79 Å². The van der Waals surface area contributed by atoms with E-state index in [1.807, 2.05) is 17.0 Å². The van der Waals surface area contributed by atoms with Gasteiger partial charge in [-0.3, -0.25) is 0 Å². The average Bonchev–Trinajstić information content (AvgIpc) is 3.23. The van der Waals surface area contributed by atoms with Crippen LogP contribution in [0.4, 0.5) is 4.79 Å². The highest BCUT2D eigenvalue weighted by atomic mass is 16.5. The first-order valence-electron chi connectivity index (χ1n) is 8.57. The summed E-state index contributed by atoms with van der Waals surface area (Å²) in [5.41, 5.74) is 0. The molecule has 3 saturated heterocycles. The fourth-order valence-corrected chi connectivity index (χ4v) is 4.16. The number of hydrogen-bond acceptors (Lipinski definition) is 3. The summed E-state index contributed by atoms with van der Waals surface area (Å²) < 4.78 is 11.4. The molecule has 120 valence electrons. The largest absolute Gasteiger partial charge is 0.467 e. The van der Waals surface area contributed by atoms with Gasteiger partial charge in [0.1, 0.15) is 5.76 Å². The van der Waals surface area contributed by atoms with Crippen LogP contribution in [0.25, 0.3) is 0 Å². The molecule has 0 aliphatic carbocycles. The Kier molecular flexibility index (Phi) is 3.82. The number of carbonyl (C=O) groups is 1. The molecular formula is C17H24N2O3. The summed E-state index contributed by atoms with van der Waals surface area (Å²) >= 11 is 0. The van der Waals surface area contributed by atoms with E-state index in [0.717, 1.165) is 50.8 Å². The minimum atomic E-state index is 0.0458. The molecule has 4 atom stereocenters. The van der Waals surface area contributed by atoms with Gasteiger partial charge in [-0.25, -0.2) is 4.79 Å². The Balaban J connectivity index is 1.46. The highest BCUT2D eigenvalue weighted by Crippen LogP contribution is 2.35. The number of urea groups is 1. The van der Waals surface area contributed by atoms with E-state index in [0.29, 0.717) is 6.10 Å². The summed E-state index contributed by atoms with van der Waals surface area (Å²) in [5.74, 6) is 0.904. The molecule has 1 aromatic heterocycles. The lowest BCUT2D eigenvalue weighted by atomic mass is 9.95. The van der Waals surface area contributed by atoms with Gasteiger partial charge in [-0.05, 0) is 44.2 Å². The van der Waals surface area contributed by atoms with Gasteiger partial charge in [0.25, 0.3) is 0 Å². The normalized spacial score (nSPS) is 34.6. The number of ether oxygens (including phenoxy) is 1. The van der Waals surface area contributed by atoms with Crippen LogP contribution in [-0.2, 0) is 4.74 Å². The highest BCUT2D eigenvalue weighted by Gasteiger charge is 2.42. The summed E-state index contributed by atoms with van der Waals surface area (Å²) in [6.07, 6.45) is 9.85. The molecule has 1 N–H and O–H groups in total. The predicted octanol–water partition coefficient (Wildman–Crippen LogP) is 3.23. The van der Waals surface area contributed by atoms with Gasteiger partial charge in [0.15, 0.2) is 0 Å². The zero-order chi connectivity index (χ0) is 14.9. The van der Waals surface area contributed by atoms with E-state index in [1.165, 1.54) is 6.42 Å². The Hall–Kier alpha value is -1.49. The molecule has 0 spiro atoms. The van der Waals surface area contributed by atoms with Crippen LogP contribution in [0, 0.1) is 0 Å². The monoisotopic (exact) mass is 304 g/mol. The number of nitrogens with one attached hydrogen (secondary N) is 1. The van der Waals surface area contributed by atoms with Gasteiger partial charge in [-0.2, -0.15) is 0 Å². The summed E-state index contributed by atoms with van der Waals surface area (Å²) in [6, 6.07) is 4.19. The zero-order valence-corrected chi connectivity index (χ0v) is 12.9. The van der Waals surface area contributed by atoms with Crippen molar-refractivity contribution in [2.45, 2.75) is 69.2 Å². The number of furan rings is 1. The standard InChI is InChI=1S/C17H24N2O3/c20-17(18-13-11-12-7-8-15(13)22-12)19-9-3-1-2-5-14(19)16-6-4-10-21-16/h4,6,10,12-15H,1-3,5,7-9,11H2,(H,18,20)/t12-,13+,14-,15-/m1/s1. The van der Waals surface area contributed by atoms with Gasteiger partial charge in [0.2, 0.25) is 0 Å². The second kappa shape index (κ2) is 5.95. The third kappa shape index (κ3) is 2.62. The molecule has 0 aromatic carbocycles. The first-order chi connectivity index (χ1) is 10.8. The Bertz CT molecular complexity index is 516. The molecule has 3 fully saturated rings. The van der Waals surface area contributed by atoms with E-state index >= 15 is 0 Å². The molecule has 5 heteroatoms. The van der Waals surface area contributed by atoms with Gasteiger partial charge in [0.05, 0.1) is 30.6 Å². The third-order valence-corrected chi connectivity index (χ3v) is 5.30. The third-order valence-electron chi connectivity index (χ3n) is 5.30. The summed E-state index contributed by atoms with van der Waals surface area (Å²) in [6.45, 7) is 0.804. The summed E-state index contributed by atoms with van der Waals surface area (Å²) in [7, 11) is 0. The van der Waals surface area contributed by atoms with E-state index in [2.05, 4.69) is 5.32 Å². The van der Waals surface area contributed by atoms with Crippen LogP contribution in [-0.4, -0.2) is 35.7 Å². The Labute approximate surface area is 131 Å². The van der Waals surface area contributed by atoms with Gasteiger partial charge >= 0.3 is 6.03 Å². The number of carbonyl (C=O) groups excluding carboxylic acids is 1. The molecular weight excluding hydrogens is 280 g/mol. The van der Waals surface area contributed by atoms with Crippen LogP contribution in [0.15, 0.2) is 22.8 Å². The highest BCUT2D eigenvalue weighted by molar-refractivity contribution is 5.75. The Morgan fingerprint density at radius 1 is 1.23 bits per heavy atom. The maximum absolute atomic E-state index is 12.8. The molecule has 0 saturated carbocycles. The van der Waals surface area contributed by atoms with Crippen molar-refractivity contribution < 1.29 is 13.9 Å². The number of amides is 2. The molecule has 0 radical (unpaired) electrons. The summed E-state index contributed by atoms with van der Waals surface area (Å²) in [5, 5.41) is 3.22. The van der Waals surface area contributed by atoms with Crippen LogP contribution in [0.2, 0.25) is 0 Å². The van der Waals surface area contributed by atoms with Crippen LogP contribution in [0.1, 0.15) is 56.7 Å². The summed E-state index contributed by atoms with van der Waals surface area (Å²) in [4.78, 5) is 14.8. The van der Waals surface area contributed by atoms with Crippen molar-refractivity contribution >= 4 is 6.03 Å². The second-order valence-corrected chi connectivity index (χ2v) is 6.74. The SMILES string of the molecule is O=C(N[C@H]1C[C@H]2CC[C@H]1O2)N1CCCCC[C@@H]1c1ccco1. The van der Waals surface area contributed by atoms with Crippen molar-refractivity contribution in [3.05, 3.63) is 24.2 Å². The fraction of sp³-hybridized carbons (Fsp3) is 0.706. The Morgan fingerprint density at radius 2 is 2.18 bits per heavy atom. The molecule has 3 aliphatic rings. The van der Waals surface area contributed by atoms with Gasteiger partial charge < -0.3 is 19.4 Å². The number of fused-ring (bicyclic) bond motifs is 2. The molecule has 4 rings (SSSR count). The van der Waals surface area contributed by atoms with Crippen LogP contribution < -0.4 is 5.32 Å². The van der Waals surface area contributed by atoms with Crippen LogP contribution in [0.3, 0.4) is 0 Å². The number of hydrogen-bond donors (Lipinski definition) is 1. The first kappa shape index (κ1) is 14.1. The van der Waals surface area contributed by atoms with E-state index in [1.54, 1.807) is 6.26 Å². The second-order valence-electron chi connectivity index (χ2n) is 6.74. The lowest BCUT2D eigenvalue weighted by Crippen LogP contribution is -2.49. The van der Waals surface area contributed by atoms with Crippen molar-refractivity contribution in [2.24, 2.45) is 0 Å². The minimum Gasteiger partial charge on any atom is -0.467 e. The molecule has 4 heterocycles. The van der Waals surface area contributed by atoms with Gasteiger partial charge in [-0.15, -0.1) is 0 Å².